The van der Waals surface area contributed by atoms with Crippen molar-refractivity contribution in [3.05, 3.63) is 158 Å². The lowest BCUT2D eigenvalue weighted by Gasteiger charge is -2.20. The average molecular weight is 596 g/mol. The zero-order chi connectivity index (χ0) is 30.0. The van der Waals surface area contributed by atoms with Gasteiger partial charge in [-0.2, -0.15) is 0 Å². The van der Waals surface area contributed by atoms with E-state index in [1.807, 2.05) is 91.1 Å². The second-order valence-corrected chi connectivity index (χ2v) is 14.1. The molecule has 0 fully saturated rings. The summed E-state index contributed by atoms with van der Waals surface area (Å²) in [5.74, 6) is 0. The molecule has 0 aliphatic carbocycles. The number of para-hydroxylation sites is 2. The van der Waals surface area contributed by atoms with Crippen LogP contribution in [0.15, 0.2) is 158 Å². The molecule has 4 nitrogen and oxygen atoms in total. The third kappa shape index (κ3) is 3.90. The van der Waals surface area contributed by atoms with E-state index in [1.165, 1.54) is 0 Å². The smallest absolute Gasteiger partial charge is 0.171 e. The van der Waals surface area contributed by atoms with E-state index in [0.29, 0.717) is 0 Å². The van der Waals surface area contributed by atoms with E-state index in [-0.39, 0.29) is 0 Å². The molecule has 3 aromatic heterocycles. The fraction of sp³-hybridized carbons (Fsp3) is 0. The van der Waals surface area contributed by atoms with Crippen LogP contribution < -0.4 is 15.9 Å². The summed E-state index contributed by atoms with van der Waals surface area (Å²) in [4.78, 5) is 9.92. The number of hydrogen-bond donors (Lipinski definition) is 0. The van der Waals surface area contributed by atoms with E-state index in [4.69, 9.17) is 9.97 Å². The van der Waals surface area contributed by atoms with E-state index in [1.54, 1.807) is 0 Å². The van der Waals surface area contributed by atoms with Gasteiger partial charge in [0.05, 0.1) is 22.1 Å². The third-order valence-corrected chi connectivity index (χ3v) is 12.0. The predicted octanol–water partition coefficient (Wildman–Crippen LogP) is 8.65. The van der Waals surface area contributed by atoms with Crippen molar-refractivity contribution in [3.63, 3.8) is 0 Å². The highest BCUT2D eigenvalue weighted by Gasteiger charge is 2.29. The van der Waals surface area contributed by atoms with Crippen molar-refractivity contribution in [2.24, 2.45) is 0 Å². The molecule has 212 valence electrons. The van der Waals surface area contributed by atoms with Crippen LogP contribution in [0.25, 0.3) is 60.4 Å². The molecule has 0 atom stereocenters. The maximum absolute atomic E-state index is 14.9. The maximum Gasteiger partial charge on any atom is 0.171 e. The number of benzene rings is 6. The highest BCUT2D eigenvalue weighted by molar-refractivity contribution is 7.85. The Balaban J connectivity index is 1.27. The van der Waals surface area contributed by atoms with E-state index < -0.39 is 7.14 Å². The van der Waals surface area contributed by atoms with Crippen molar-refractivity contribution in [3.8, 4) is 11.1 Å². The zero-order valence-corrected chi connectivity index (χ0v) is 25.1. The van der Waals surface area contributed by atoms with Crippen LogP contribution >= 0.6 is 7.14 Å². The standard InChI is InChI=1S/C40H26N3OP/c44-45(30-11-3-1-4-12-30,31-13-5-2-6-14-31)32-21-17-27(18-22-32)29-20-23-33-37(26-29)43-36-16-8-7-15-35(36)42-40(43)34-24-19-28-10-9-25-41-39(28)38(33)34/h1-26H. The van der Waals surface area contributed by atoms with Crippen molar-refractivity contribution in [1.82, 2.24) is 14.4 Å². The minimum atomic E-state index is -3.05. The largest absolute Gasteiger partial charge is 0.309 e. The lowest BCUT2D eigenvalue weighted by Crippen LogP contribution is -2.24. The van der Waals surface area contributed by atoms with Crippen LogP contribution in [0.1, 0.15) is 0 Å². The molecule has 0 unspecified atom stereocenters. The quantitative estimate of drug-likeness (QED) is 0.151. The molecule has 0 amide bonds. The Morgan fingerprint density at radius 1 is 0.533 bits per heavy atom. The van der Waals surface area contributed by atoms with Gasteiger partial charge >= 0.3 is 0 Å². The second kappa shape index (κ2) is 9.99. The van der Waals surface area contributed by atoms with Crippen molar-refractivity contribution in [2.75, 3.05) is 0 Å². The van der Waals surface area contributed by atoms with E-state index in [2.05, 4.69) is 71.1 Å². The first-order valence-corrected chi connectivity index (χ1v) is 16.7. The lowest BCUT2D eigenvalue weighted by atomic mass is 9.98. The lowest BCUT2D eigenvalue weighted by molar-refractivity contribution is 0.592. The van der Waals surface area contributed by atoms with Crippen LogP contribution in [0.2, 0.25) is 0 Å². The molecule has 0 N–H and O–H groups in total. The van der Waals surface area contributed by atoms with Crippen LogP contribution in [0.3, 0.4) is 0 Å². The first-order chi connectivity index (χ1) is 22.2. The monoisotopic (exact) mass is 595 g/mol. The van der Waals surface area contributed by atoms with Gasteiger partial charge in [-0.15, -0.1) is 0 Å². The first kappa shape index (κ1) is 25.9. The van der Waals surface area contributed by atoms with Gasteiger partial charge in [0, 0.05) is 43.7 Å². The molecule has 0 spiro atoms. The van der Waals surface area contributed by atoms with Gasteiger partial charge in [0.1, 0.15) is 5.65 Å². The van der Waals surface area contributed by atoms with Crippen molar-refractivity contribution >= 4 is 72.3 Å². The van der Waals surface area contributed by atoms with Crippen LogP contribution in [0.5, 0.6) is 0 Å². The molecular formula is C40H26N3OP. The number of fused-ring (bicyclic) bond motifs is 10. The summed E-state index contributed by atoms with van der Waals surface area (Å²) in [5, 5.41) is 6.90. The number of aromatic nitrogens is 3. The van der Waals surface area contributed by atoms with Crippen LogP contribution in [0.4, 0.5) is 0 Å². The topological polar surface area (TPSA) is 47.3 Å². The Labute approximate surface area is 259 Å². The molecule has 9 rings (SSSR count). The number of rotatable bonds is 4. The fourth-order valence-corrected chi connectivity index (χ4v) is 9.40. The Morgan fingerprint density at radius 3 is 1.93 bits per heavy atom. The molecule has 5 heteroatoms. The van der Waals surface area contributed by atoms with E-state index in [0.717, 1.165) is 76.3 Å². The van der Waals surface area contributed by atoms with E-state index >= 15 is 0 Å². The van der Waals surface area contributed by atoms with Crippen LogP contribution in [-0.4, -0.2) is 14.4 Å². The molecule has 0 saturated carbocycles. The number of nitrogens with zero attached hydrogens (tertiary/aromatic N) is 3. The fourth-order valence-electron chi connectivity index (χ4n) is 6.75. The van der Waals surface area contributed by atoms with Crippen molar-refractivity contribution in [2.45, 2.75) is 0 Å². The normalized spacial score (nSPS) is 12.1. The number of pyridine rings is 2. The summed E-state index contributed by atoms with van der Waals surface area (Å²) in [7, 11) is -3.05. The van der Waals surface area contributed by atoms with Gasteiger partial charge in [-0.1, -0.05) is 121 Å². The highest BCUT2D eigenvalue weighted by Crippen LogP contribution is 2.43. The minimum absolute atomic E-state index is 0.816. The summed E-state index contributed by atoms with van der Waals surface area (Å²) >= 11 is 0. The first-order valence-electron chi connectivity index (χ1n) is 15.0. The molecule has 6 aromatic carbocycles. The molecular weight excluding hydrogens is 569 g/mol. The zero-order valence-electron chi connectivity index (χ0n) is 24.2. The highest BCUT2D eigenvalue weighted by atomic mass is 31.2. The Hall–Kier alpha value is -5.57. The SMILES string of the molecule is O=P(c1ccccc1)(c1ccccc1)c1ccc(-c2ccc3c4c(ccc5cccnc54)c4nc5ccccc5n4c3c2)cc1. The van der Waals surface area contributed by atoms with Gasteiger partial charge < -0.3 is 4.57 Å². The van der Waals surface area contributed by atoms with Gasteiger partial charge in [0.2, 0.25) is 0 Å². The van der Waals surface area contributed by atoms with Gasteiger partial charge in [-0.3, -0.25) is 9.38 Å². The summed E-state index contributed by atoms with van der Waals surface area (Å²) in [5.41, 5.74) is 7.14. The van der Waals surface area contributed by atoms with Gasteiger partial charge in [-0.05, 0) is 41.5 Å². The molecule has 45 heavy (non-hydrogen) atoms. The Bertz CT molecular complexity index is 2570. The summed E-state index contributed by atoms with van der Waals surface area (Å²) in [6.07, 6.45) is 1.86. The summed E-state index contributed by atoms with van der Waals surface area (Å²) in [6.45, 7) is 0. The number of hydrogen-bond acceptors (Lipinski definition) is 3. The van der Waals surface area contributed by atoms with E-state index in [9.17, 15) is 4.57 Å². The molecule has 3 heterocycles. The molecule has 9 aromatic rings. The second-order valence-electron chi connectivity index (χ2n) is 11.4. The summed E-state index contributed by atoms with van der Waals surface area (Å²) < 4.78 is 17.2. The van der Waals surface area contributed by atoms with Crippen LogP contribution in [-0.2, 0) is 4.57 Å². The van der Waals surface area contributed by atoms with Crippen molar-refractivity contribution in [1.29, 1.82) is 0 Å². The summed E-state index contributed by atoms with van der Waals surface area (Å²) in [6, 6.07) is 51.2. The molecule has 0 aliphatic heterocycles. The number of imidazole rings is 1. The predicted molar refractivity (Wildman–Crippen MR) is 188 cm³/mol. The Kier molecular flexibility index (Phi) is 5.74. The molecule has 0 saturated heterocycles. The molecule has 0 bridgehead atoms. The minimum Gasteiger partial charge on any atom is -0.309 e. The third-order valence-electron chi connectivity index (χ3n) is 8.89. The average Bonchev–Trinajstić information content (AvgIpc) is 3.52. The van der Waals surface area contributed by atoms with Gasteiger partial charge in [0.25, 0.3) is 0 Å². The Morgan fingerprint density at radius 2 is 1.18 bits per heavy atom. The molecule has 0 aliphatic rings. The van der Waals surface area contributed by atoms with Crippen molar-refractivity contribution < 1.29 is 4.57 Å². The maximum atomic E-state index is 14.9. The van der Waals surface area contributed by atoms with Gasteiger partial charge in [0.15, 0.2) is 7.14 Å². The van der Waals surface area contributed by atoms with Crippen LogP contribution in [0, 0.1) is 0 Å². The van der Waals surface area contributed by atoms with Gasteiger partial charge in [-0.25, -0.2) is 4.98 Å². The molecule has 0 radical (unpaired) electrons.